The van der Waals surface area contributed by atoms with Gasteiger partial charge in [0.25, 0.3) is 0 Å². The lowest BCUT2D eigenvalue weighted by Crippen LogP contribution is -2.31. The van der Waals surface area contributed by atoms with E-state index in [0.29, 0.717) is 24.7 Å². The summed E-state index contributed by atoms with van der Waals surface area (Å²) >= 11 is 1.36. The molecule has 0 atom stereocenters. The first-order valence-corrected chi connectivity index (χ1v) is 10.7. The number of aryl methyl sites for hydroxylation is 1. The number of nitrogens with one attached hydrogen (secondary N) is 1. The molecule has 1 fully saturated rings. The Kier molecular flexibility index (Phi) is 7.08. The quantitative estimate of drug-likeness (QED) is 0.721. The number of hydrogen-bond acceptors (Lipinski definition) is 5. The van der Waals surface area contributed by atoms with Crippen molar-refractivity contribution in [1.29, 1.82) is 0 Å². The maximum atomic E-state index is 12.3. The first-order valence-electron chi connectivity index (χ1n) is 9.76. The smallest absolute Gasteiger partial charge is 0.234 e. The molecule has 150 valence electrons. The maximum Gasteiger partial charge on any atom is 0.234 e. The third-order valence-corrected chi connectivity index (χ3v) is 5.71. The molecule has 3 rings (SSSR count). The molecule has 1 aromatic heterocycles. The molecule has 0 spiro atoms. The van der Waals surface area contributed by atoms with Gasteiger partial charge in [0.15, 0.2) is 11.0 Å². The van der Waals surface area contributed by atoms with Crippen LogP contribution in [0.15, 0.2) is 29.4 Å². The molecule has 8 heteroatoms. The minimum atomic E-state index is -0.0782. The molecule has 0 radical (unpaired) electrons. The number of nitrogens with zero attached hydrogens (tertiary/aromatic N) is 4. The highest BCUT2D eigenvalue weighted by Crippen LogP contribution is 2.20. The minimum Gasteiger partial charge on any atom is -0.335 e. The highest BCUT2D eigenvalue weighted by Gasteiger charge is 2.21. The Balaban J connectivity index is 1.60. The van der Waals surface area contributed by atoms with Crippen LogP contribution in [0, 0.1) is 6.92 Å². The van der Waals surface area contributed by atoms with Crippen LogP contribution < -0.4 is 5.32 Å². The Labute approximate surface area is 169 Å². The van der Waals surface area contributed by atoms with Crippen LogP contribution in [0.5, 0.6) is 0 Å². The Morgan fingerprint density at radius 2 is 2.11 bits per heavy atom. The van der Waals surface area contributed by atoms with Crippen molar-refractivity contribution in [2.75, 3.05) is 17.6 Å². The SMILES string of the molecule is CCn1c(CN2CCCCCC2=O)nnc1SCC(=O)Nc1cccc(C)c1. The van der Waals surface area contributed by atoms with Crippen molar-refractivity contribution in [3.8, 4) is 0 Å². The number of benzene rings is 1. The van der Waals surface area contributed by atoms with Gasteiger partial charge in [-0.3, -0.25) is 9.59 Å². The Morgan fingerprint density at radius 1 is 1.25 bits per heavy atom. The zero-order valence-electron chi connectivity index (χ0n) is 16.5. The topological polar surface area (TPSA) is 80.1 Å². The lowest BCUT2D eigenvalue weighted by Gasteiger charge is -2.20. The van der Waals surface area contributed by atoms with Crippen LogP contribution >= 0.6 is 11.8 Å². The number of hydrogen-bond donors (Lipinski definition) is 1. The van der Waals surface area contributed by atoms with Gasteiger partial charge in [0.05, 0.1) is 12.3 Å². The minimum absolute atomic E-state index is 0.0782. The maximum absolute atomic E-state index is 12.3. The van der Waals surface area contributed by atoms with Gasteiger partial charge in [-0.15, -0.1) is 10.2 Å². The van der Waals surface area contributed by atoms with Crippen LogP contribution in [0.2, 0.25) is 0 Å². The van der Waals surface area contributed by atoms with Gasteiger partial charge in [-0.25, -0.2) is 0 Å². The number of rotatable bonds is 7. The average Bonchev–Trinajstić information content (AvgIpc) is 2.94. The van der Waals surface area contributed by atoms with Gasteiger partial charge < -0.3 is 14.8 Å². The Hall–Kier alpha value is -2.35. The molecule has 0 unspecified atom stereocenters. The summed E-state index contributed by atoms with van der Waals surface area (Å²) in [6, 6.07) is 7.72. The zero-order chi connectivity index (χ0) is 19.9. The van der Waals surface area contributed by atoms with Crippen LogP contribution in [0.3, 0.4) is 0 Å². The largest absolute Gasteiger partial charge is 0.335 e. The van der Waals surface area contributed by atoms with Gasteiger partial charge in [0, 0.05) is 25.2 Å². The van der Waals surface area contributed by atoms with Gasteiger partial charge in [-0.1, -0.05) is 30.3 Å². The molecular formula is C20H27N5O2S. The van der Waals surface area contributed by atoms with Crippen LogP contribution in [0.1, 0.15) is 44.0 Å². The number of carbonyl (C=O) groups excluding carboxylic acids is 2. The molecule has 1 saturated heterocycles. The highest BCUT2D eigenvalue weighted by molar-refractivity contribution is 7.99. The Morgan fingerprint density at radius 3 is 2.89 bits per heavy atom. The number of likely N-dealkylation sites (tertiary alicyclic amines) is 1. The molecule has 28 heavy (non-hydrogen) atoms. The van der Waals surface area contributed by atoms with Crippen LogP contribution in [0.4, 0.5) is 5.69 Å². The van der Waals surface area contributed by atoms with E-state index in [1.54, 1.807) is 0 Å². The van der Waals surface area contributed by atoms with E-state index in [1.165, 1.54) is 11.8 Å². The molecule has 0 aliphatic carbocycles. The number of amides is 2. The van der Waals surface area contributed by atoms with Crippen molar-refractivity contribution in [3.05, 3.63) is 35.7 Å². The number of thioether (sulfide) groups is 1. The van der Waals surface area contributed by atoms with E-state index in [0.717, 1.165) is 42.9 Å². The molecule has 0 bridgehead atoms. The van der Waals surface area contributed by atoms with Gasteiger partial charge in [0.1, 0.15) is 0 Å². The summed E-state index contributed by atoms with van der Waals surface area (Å²) in [6.07, 6.45) is 3.71. The normalized spacial score (nSPS) is 14.8. The zero-order valence-corrected chi connectivity index (χ0v) is 17.3. The second-order valence-corrected chi connectivity index (χ2v) is 7.92. The number of aromatic nitrogens is 3. The third-order valence-electron chi connectivity index (χ3n) is 4.75. The van der Waals surface area contributed by atoms with Gasteiger partial charge in [0.2, 0.25) is 11.8 Å². The molecule has 7 nitrogen and oxygen atoms in total. The highest BCUT2D eigenvalue weighted by atomic mass is 32.2. The summed E-state index contributed by atoms with van der Waals surface area (Å²) in [6.45, 7) is 5.97. The molecule has 1 aromatic carbocycles. The summed E-state index contributed by atoms with van der Waals surface area (Å²) in [5.74, 6) is 1.15. The van der Waals surface area contributed by atoms with E-state index >= 15 is 0 Å². The average molecular weight is 402 g/mol. The first-order chi connectivity index (χ1) is 13.6. The molecule has 2 aromatic rings. The standard InChI is InChI=1S/C20H27N5O2S/c1-3-25-17(13-24-11-6-4-5-10-19(24)27)22-23-20(25)28-14-18(26)21-16-9-7-8-15(2)12-16/h7-9,12H,3-6,10-11,13-14H2,1-2H3,(H,21,26). The van der Waals surface area contributed by atoms with Gasteiger partial charge >= 0.3 is 0 Å². The summed E-state index contributed by atoms with van der Waals surface area (Å²) < 4.78 is 1.99. The molecule has 0 saturated carbocycles. The first kappa shape index (κ1) is 20.4. The predicted molar refractivity (Wildman–Crippen MR) is 110 cm³/mol. The molecule has 1 N–H and O–H groups in total. The number of carbonyl (C=O) groups is 2. The lowest BCUT2D eigenvalue weighted by atomic mass is 10.2. The summed E-state index contributed by atoms with van der Waals surface area (Å²) in [5.41, 5.74) is 1.90. The van der Waals surface area contributed by atoms with Crippen molar-refractivity contribution >= 4 is 29.3 Å². The monoisotopic (exact) mass is 401 g/mol. The molecule has 1 aliphatic heterocycles. The van der Waals surface area contributed by atoms with E-state index in [4.69, 9.17) is 0 Å². The van der Waals surface area contributed by atoms with Crippen molar-refractivity contribution in [2.24, 2.45) is 0 Å². The van der Waals surface area contributed by atoms with Crippen molar-refractivity contribution in [2.45, 2.75) is 57.8 Å². The lowest BCUT2D eigenvalue weighted by molar-refractivity contribution is -0.131. The van der Waals surface area contributed by atoms with Crippen molar-refractivity contribution in [1.82, 2.24) is 19.7 Å². The number of anilines is 1. The van der Waals surface area contributed by atoms with Crippen molar-refractivity contribution < 1.29 is 9.59 Å². The third kappa shape index (κ3) is 5.34. The van der Waals surface area contributed by atoms with E-state index in [9.17, 15) is 9.59 Å². The molecule has 1 aliphatic rings. The molecular weight excluding hydrogens is 374 g/mol. The fourth-order valence-corrected chi connectivity index (χ4v) is 4.11. The van der Waals surface area contributed by atoms with Crippen LogP contribution in [0.25, 0.3) is 0 Å². The van der Waals surface area contributed by atoms with E-state index in [1.807, 2.05) is 47.6 Å². The molecule has 2 amide bonds. The summed E-state index contributed by atoms with van der Waals surface area (Å²) in [7, 11) is 0. The van der Waals surface area contributed by atoms with Crippen molar-refractivity contribution in [3.63, 3.8) is 0 Å². The van der Waals surface area contributed by atoms with Gasteiger partial charge in [-0.2, -0.15) is 0 Å². The summed E-state index contributed by atoms with van der Waals surface area (Å²) in [4.78, 5) is 26.4. The second kappa shape index (κ2) is 9.73. The van der Waals surface area contributed by atoms with Crippen LogP contribution in [-0.2, 0) is 22.7 Å². The summed E-state index contributed by atoms with van der Waals surface area (Å²) in [5, 5.41) is 12.2. The Bertz CT molecular complexity index is 836. The van der Waals surface area contributed by atoms with E-state index in [-0.39, 0.29) is 17.6 Å². The predicted octanol–water partition coefficient (Wildman–Crippen LogP) is 3.24. The molecule has 2 heterocycles. The van der Waals surface area contributed by atoms with E-state index < -0.39 is 0 Å². The van der Waals surface area contributed by atoms with Gasteiger partial charge in [-0.05, 0) is 44.4 Å². The van der Waals surface area contributed by atoms with E-state index in [2.05, 4.69) is 15.5 Å². The van der Waals surface area contributed by atoms with Crippen LogP contribution in [-0.4, -0.2) is 43.8 Å². The second-order valence-electron chi connectivity index (χ2n) is 6.98. The fraction of sp³-hybridized carbons (Fsp3) is 0.500. The fourth-order valence-electron chi connectivity index (χ4n) is 3.29.